The van der Waals surface area contributed by atoms with E-state index in [-0.39, 0.29) is 29.9 Å². The fourth-order valence-electron chi connectivity index (χ4n) is 2.16. The molecule has 1 aromatic carbocycles. The highest BCUT2D eigenvalue weighted by atomic mass is 79.9. The molecule has 0 radical (unpaired) electrons. The number of nitrogens with zero attached hydrogens (tertiary/aromatic N) is 3. The van der Waals surface area contributed by atoms with Crippen molar-refractivity contribution in [2.45, 2.75) is 11.7 Å². The zero-order chi connectivity index (χ0) is 19.2. The van der Waals surface area contributed by atoms with E-state index in [2.05, 4.69) is 36.8 Å². The smallest absolute Gasteiger partial charge is 0.287 e. The Morgan fingerprint density at radius 2 is 2.04 bits per heavy atom. The summed E-state index contributed by atoms with van der Waals surface area (Å²) in [5, 5.41) is 14.2. The number of para-hydroxylation sites is 1. The van der Waals surface area contributed by atoms with E-state index in [1.165, 1.54) is 18.0 Å². The minimum absolute atomic E-state index is 0.150. The Balaban J connectivity index is 1.52. The number of carbonyl (C=O) groups is 2. The van der Waals surface area contributed by atoms with Crippen molar-refractivity contribution in [1.82, 2.24) is 20.1 Å². The van der Waals surface area contributed by atoms with Crippen LogP contribution in [-0.4, -0.2) is 32.3 Å². The second-order valence-corrected chi connectivity index (χ2v) is 7.23. The predicted molar refractivity (Wildman–Crippen MR) is 104 cm³/mol. The predicted octanol–water partition coefficient (Wildman–Crippen LogP) is 2.83. The zero-order valence-corrected chi connectivity index (χ0v) is 16.7. The molecule has 2 N–H and O–H groups in total. The minimum atomic E-state index is -0.329. The van der Waals surface area contributed by atoms with Crippen molar-refractivity contribution in [3.05, 3.63) is 58.7 Å². The second kappa shape index (κ2) is 8.87. The van der Waals surface area contributed by atoms with Crippen molar-refractivity contribution < 1.29 is 14.0 Å². The van der Waals surface area contributed by atoms with E-state index in [1.54, 1.807) is 23.7 Å². The minimum Gasteiger partial charge on any atom is -0.459 e. The summed E-state index contributed by atoms with van der Waals surface area (Å²) < 4.78 is 7.59. The summed E-state index contributed by atoms with van der Waals surface area (Å²) in [6.07, 6.45) is 1.44. The van der Waals surface area contributed by atoms with E-state index < -0.39 is 0 Å². The first-order valence-corrected chi connectivity index (χ1v) is 9.69. The lowest BCUT2D eigenvalue weighted by Gasteiger charge is -2.07. The first-order valence-electron chi connectivity index (χ1n) is 7.91. The Labute approximate surface area is 167 Å². The van der Waals surface area contributed by atoms with Crippen molar-refractivity contribution in [3.8, 4) is 0 Å². The van der Waals surface area contributed by atoms with Crippen molar-refractivity contribution in [1.29, 1.82) is 0 Å². The lowest BCUT2D eigenvalue weighted by Crippen LogP contribution is -2.24. The maximum atomic E-state index is 12.1. The largest absolute Gasteiger partial charge is 0.459 e. The van der Waals surface area contributed by atoms with Crippen LogP contribution >= 0.6 is 27.7 Å². The second-order valence-electron chi connectivity index (χ2n) is 5.43. The van der Waals surface area contributed by atoms with Crippen LogP contribution in [-0.2, 0) is 18.4 Å². The summed E-state index contributed by atoms with van der Waals surface area (Å²) in [4.78, 5) is 24.0. The van der Waals surface area contributed by atoms with Gasteiger partial charge in [-0.2, -0.15) is 0 Å². The van der Waals surface area contributed by atoms with Crippen LogP contribution in [0.2, 0.25) is 0 Å². The van der Waals surface area contributed by atoms with Crippen LogP contribution in [0.15, 0.2) is 56.7 Å². The third kappa shape index (κ3) is 4.98. The number of furan rings is 1. The van der Waals surface area contributed by atoms with Gasteiger partial charge in [0.05, 0.1) is 24.2 Å². The van der Waals surface area contributed by atoms with E-state index in [0.29, 0.717) is 16.7 Å². The molecule has 0 unspecified atom stereocenters. The van der Waals surface area contributed by atoms with Crippen LogP contribution < -0.4 is 10.6 Å². The molecule has 2 amide bonds. The molecule has 0 atom stereocenters. The molecule has 0 bridgehead atoms. The number of aromatic nitrogens is 3. The van der Waals surface area contributed by atoms with Crippen LogP contribution in [0.3, 0.4) is 0 Å². The first kappa shape index (κ1) is 19.2. The van der Waals surface area contributed by atoms with Gasteiger partial charge in [-0.1, -0.05) is 23.9 Å². The summed E-state index contributed by atoms with van der Waals surface area (Å²) in [5.74, 6) is 0.512. The molecule has 0 aliphatic carbocycles. The highest BCUT2D eigenvalue weighted by Crippen LogP contribution is 2.22. The van der Waals surface area contributed by atoms with Gasteiger partial charge in [-0.25, -0.2) is 0 Å². The van der Waals surface area contributed by atoms with Gasteiger partial charge in [0.25, 0.3) is 5.91 Å². The maximum absolute atomic E-state index is 12.1. The fourth-order valence-corrected chi connectivity index (χ4v) is 3.27. The summed E-state index contributed by atoms with van der Waals surface area (Å²) in [5.41, 5.74) is 0.711. The Morgan fingerprint density at radius 3 is 2.78 bits per heavy atom. The lowest BCUT2D eigenvalue weighted by atomic mass is 10.3. The van der Waals surface area contributed by atoms with Gasteiger partial charge in [-0.3, -0.25) is 9.59 Å². The number of thioether (sulfide) groups is 1. The van der Waals surface area contributed by atoms with Gasteiger partial charge in [-0.15, -0.1) is 10.2 Å². The molecule has 0 saturated carbocycles. The van der Waals surface area contributed by atoms with E-state index in [1.807, 2.05) is 24.3 Å². The summed E-state index contributed by atoms with van der Waals surface area (Å²) in [7, 11) is 1.78. The van der Waals surface area contributed by atoms with Crippen molar-refractivity contribution in [2.24, 2.45) is 7.05 Å². The monoisotopic (exact) mass is 449 g/mol. The third-order valence-electron chi connectivity index (χ3n) is 3.56. The standard InChI is InChI=1S/C17H16BrN5O3S/c1-23-14(9-19-16(25)13-7-4-8-26-13)21-22-17(23)27-10-15(24)20-12-6-3-2-5-11(12)18/h2-8H,9-10H2,1H3,(H,19,25)(H,20,24). The van der Waals surface area contributed by atoms with E-state index in [4.69, 9.17) is 4.42 Å². The van der Waals surface area contributed by atoms with Gasteiger partial charge in [0.2, 0.25) is 5.91 Å². The molecule has 0 saturated heterocycles. The quantitative estimate of drug-likeness (QED) is 0.537. The Bertz CT molecular complexity index is 942. The number of amides is 2. The molecule has 0 aliphatic rings. The maximum Gasteiger partial charge on any atom is 0.287 e. The molecule has 8 nitrogen and oxygen atoms in total. The number of rotatable bonds is 7. The van der Waals surface area contributed by atoms with Crippen LogP contribution in [0.4, 0.5) is 5.69 Å². The topological polar surface area (TPSA) is 102 Å². The van der Waals surface area contributed by atoms with E-state index >= 15 is 0 Å². The first-order chi connectivity index (χ1) is 13.0. The molecule has 2 heterocycles. The molecule has 10 heteroatoms. The molecule has 0 spiro atoms. The molecule has 0 aliphatic heterocycles. The summed E-state index contributed by atoms with van der Waals surface area (Å²) in [6.45, 7) is 0.201. The van der Waals surface area contributed by atoms with Gasteiger partial charge >= 0.3 is 0 Å². The number of carbonyl (C=O) groups excluding carboxylic acids is 2. The molecule has 27 heavy (non-hydrogen) atoms. The third-order valence-corrected chi connectivity index (χ3v) is 5.27. The molecule has 2 aromatic heterocycles. The van der Waals surface area contributed by atoms with Gasteiger partial charge in [0.1, 0.15) is 0 Å². The Kier molecular flexibility index (Phi) is 6.30. The number of hydrogen-bond acceptors (Lipinski definition) is 6. The zero-order valence-electron chi connectivity index (χ0n) is 14.3. The SMILES string of the molecule is Cn1c(CNC(=O)c2ccco2)nnc1SCC(=O)Nc1ccccc1Br. The fraction of sp³-hybridized carbons (Fsp3) is 0.176. The summed E-state index contributed by atoms with van der Waals surface area (Å²) >= 11 is 4.65. The van der Waals surface area contributed by atoms with Crippen LogP contribution in [0.25, 0.3) is 0 Å². The van der Waals surface area contributed by atoms with Gasteiger partial charge < -0.3 is 19.6 Å². The number of nitrogens with one attached hydrogen (secondary N) is 2. The molecular weight excluding hydrogens is 434 g/mol. The normalized spacial score (nSPS) is 10.6. The number of benzene rings is 1. The molecule has 140 valence electrons. The molecule has 3 rings (SSSR count). The number of hydrogen-bond donors (Lipinski definition) is 2. The lowest BCUT2D eigenvalue weighted by molar-refractivity contribution is -0.113. The molecular formula is C17H16BrN5O3S. The van der Waals surface area contributed by atoms with Crippen molar-refractivity contribution in [2.75, 3.05) is 11.1 Å². The van der Waals surface area contributed by atoms with Crippen molar-refractivity contribution in [3.63, 3.8) is 0 Å². The van der Waals surface area contributed by atoms with Gasteiger partial charge in [0.15, 0.2) is 16.7 Å². The van der Waals surface area contributed by atoms with Gasteiger partial charge in [0, 0.05) is 11.5 Å². The average Bonchev–Trinajstić information content (AvgIpc) is 3.31. The van der Waals surface area contributed by atoms with Crippen LogP contribution in [0.1, 0.15) is 16.4 Å². The van der Waals surface area contributed by atoms with Gasteiger partial charge in [-0.05, 0) is 40.2 Å². The molecule has 0 fully saturated rings. The number of halogens is 1. The van der Waals surface area contributed by atoms with Crippen molar-refractivity contribution >= 4 is 45.2 Å². The average molecular weight is 450 g/mol. The number of anilines is 1. The van der Waals surface area contributed by atoms with Crippen LogP contribution in [0.5, 0.6) is 0 Å². The van der Waals surface area contributed by atoms with Crippen LogP contribution in [0, 0.1) is 0 Å². The highest BCUT2D eigenvalue weighted by molar-refractivity contribution is 9.10. The molecule has 3 aromatic rings. The van der Waals surface area contributed by atoms with E-state index in [9.17, 15) is 9.59 Å². The highest BCUT2D eigenvalue weighted by Gasteiger charge is 2.14. The Hall–Kier alpha value is -2.59. The Morgan fingerprint density at radius 1 is 1.22 bits per heavy atom. The van der Waals surface area contributed by atoms with E-state index in [0.717, 1.165) is 4.47 Å². The summed E-state index contributed by atoms with van der Waals surface area (Å²) in [6, 6.07) is 10.6.